The molecule has 0 aromatic heterocycles. The van der Waals surface area contributed by atoms with Gasteiger partial charge in [0, 0.05) is 25.0 Å². The van der Waals surface area contributed by atoms with Crippen LogP contribution < -0.4 is 10.6 Å². The molecule has 0 radical (unpaired) electrons. The number of benzene rings is 1. The topological polar surface area (TPSA) is 56.7 Å². The molecule has 1 aliphatic rings. The smallest absolute Gasteiger partial charge is 0.241 e. The van der Waals surface area contributed by atoms with Gasteiger partial charge in [-0.05, 0) is 43.2 Å². The first-order valence-corrected chi connectivity index (χ1v) is 10.6. The summed E-state index contributed by atoms with van der Waals surface area (Å²) in [5, 5.41) is 6.74. The molecule has 0 spiro atoms. The number of hydrogen-bond acceptors (Lipinski definition) is 3. The molecule has 1 aliphatic carbocycles. The van der Waals surface area contributed by atoms with Crippen molar-refractivity contribution in [3.05, 3.63) is 29.3 Å². The lowest BCUT2D eigenvalue weighted by Crippen LogP contribution is -2.47. The molecule has 0 atom stereocenters. The van der Waals surface area contributed by atoms with Gasteiger partial charge < -0.3 is 15.5 Å². The maximum absolute atomic E-state index is 11.9. The van der Waals surface area contributed by atoms with Gasteiger partial charge in [-0.2, -0.15) is 0 Å². The Balaban J connectivity index is 2.07. The molecule has 0 heterocycles. The molecule has 0 unspecified atom stereocenters. The van der Waals surface area contributed by atoms with Crippen molar-refractivity contribution in [1.29, 1.82) is 0 Å². The molecule has 144 valence electrons. The molecular weight excluding hydrogens is 344 g/mol. The minimum atomic E-state index is 0.0447. The normalized spacial score (nSPS) is 15.6. The van der Waals surface area contributed by atoms with Crippen molar-refractivity contribution in [3.63, 3.8) is 0 Å². The molecule has 1 fully saturated rings. The molecule has 2 N–H and O–H groups in total. The third-order valence-electron chi connectivity index (χ3n) is 4.70. The van der Waals surface area contributed by atoms with E-state index in [0.29, 0.717) is 12.6 Å². The number of carbonyl (C=O) groups is 1. The first kappa shape index (κ1) is 20.6. The second kappa shape index (κ2) is 10.5. The summed E-state index contributed by atoms with van der Waals surface area (Å²) in [6, 6.07) is 6.92. The maximum Gasteiger partial charge on any atom is 0.241 e. The number of hydrogen-bond donors (Lipinski definition) is 2. The molecule has 1 amide bonds. The van der Waals surface area contributed by atoms with Crippen molar-refractivity contribution in [2.75, 3.05) is 26.9 Å². The summed E-state index contributed by atoms with van der Waals surface area (Å²) in [4.78, 5) is 19.6. The van der Waals surface area contributed by atoms with E-state index in [2.05, 4.69) is 42.0 Å². The number of aryl methyl sites for hydroxylation is 1. The van der Waals surface area contributed by atoms with Gasteiger partial charge in [0.2, 0.25) is 5.91 Å². The van der Waals surface area contributed by atoms with Gasteiger partial charge in [-0.3, -0.25) is 4.79 Å². The second-order valence-corrected chi connectivity index (χ2v) is 7.95. The number of guanidine groups is 1. The van der Waals surface area contributed by atoms with Crippen molar-refractivity contribution in [2.24, 2.45) is 4.99 Å². The van der Waals surface area contributed by atoms with Gasteiger partial charge in [0.25, 0.3) is 0 Å². The van der Waals surface area contributed by atoms with E-state index in [0.717, 1.165) is 5.96 Å². The Kier molecular flexibility index (Phi) is 8.29. The third kappa shape index (κ3) is 6.56. The standard InChI is InChI=1S/C20H32N4OS/c1-15-10-11-16(18(12-15)26-4)13-21-20(22-14-19(25)24(2)3)23-17-8-6-5-7-9-17/h10-12,17H,5-9,13-14H2,1-4H3,(H2,21,22,23). The Morgan fingerprint density at radius 2 is 2.00 bits per heavy atom. The van der Waals surface area contributed by atoms with Crippen LogP contribution >= 0.6 is 11.8 Å². The van der Waals surface area contributed by atoms with Crippen LogP contribution in [0.2, 0.25) is 0 Å². The first-order chi connectivity index (χ1) is 12.5. The fourth-order valence-corrected chi connectivity index (χ4v) is 3.76. The van der Waals surface area contributed by atoms with Gasteiger partial charge in [-0.15, -0.1) is 11.8 Å². The van der Waals surface area contributed by atoms with Crippen LogP contribution in [0.25, 0.3) is 0 Å². The lowest BCUT2D eigenvalue weighted by Gasteiger charge is -2.25. The Labute approximate surface area is 162 Å². The van der Waals surface area contributed by atoms with Crippen LogP contribution in [0.5, 0.6) is 0 Å². The van der Waals surface area contributed by atoms with E-state index in [1.807, 2.05) is 0 Å². The number of rotatable bonds is 6. The van der Waals surface area contributed by atoms with Crippen LogP contribution in [0, 0.1) is 6.92 Å². The zero-order valence-electron chi connectivity index (χ0n) is 16.5. The Morgan fingerprint density at radius 3 is 2.65 bits per heavy atom. The fourth-order valence-electron chi connectivity index (χ4n) is 3.06. The Morgan fingerprint density at radius 1 is 1.27 bits per heavy atom. The highest BCUT2D eigenvalue weighted by atomic mass is 32.2. The van der Waals surface area contributed by atoms with Crippen LogP contribution in [0.1, 0.15) is 43.2 Å². The highest BCUT2D eigenvalue weighted by Crippen LogP contribution is 2.22. The Hall–Kier alpha value is -1.69. The summed E-state index contributed by atoms with van der Waals surface area (Å²) in [5.74, 6) is 0.781. The SMILES string of the molecule is CSc1cc(C)ccc1CN=C(NCC(=O)N(C)C)NC1CCCCC1. The molecule has 6 heteroatoms. The summed E-state index contributed by atoms with van der Waals surface area (Å²) >= 11 is 1.75. The van der Waals surface area contributed by atoms with Crippen molar-refractivity contribution >= 4 is 23.6 Å². The summed E-state index contributed by atoms with van der Waals surface area (Å²) in [6.45, 7) is 2.97. The Bertz CT molecular complexity index is 624. The number of nitrogens with zero attached hydrogens (tertiary/aromatic N) is 2. The molecule has 0 saturated heterocycles. The number of carbonyl (C=O) groups excluding carboxylic acids is 1. The maximum atomic E-state index is 11.9. The van der Waals surface area contributed by atoms with Gasteiger partial charge >= 0.3 is 0 Å². The predicted molar refractivity (Wildman–Crippen MR) is 111 cm³/mol. The van der Waals surface area contributed by atoms with E-state index in [1.54, 1.807) is 30.8 Å². The van der Waals surface area contributed by atoms with Gasteiger partial charge in [0.15, 0.2) is 5.96 Å². The number of nitrogens with one attached hydrogen (secondary N) is 2. The zero-order valence-corrected chi connectivity index (χ0v) is 17.3. The van der Waals surface area contributed by atoms with Crippen molar-refractivity contribution in [2.45, 2.75) is 56.5 Å². The first-order valence-electron chi connectivity index (χ1n) is 9.38. The summed E-state index contributed by atoms with van der Waals surface area (Å²) in [7, 11) is 3.54. The molecule has 0 bridgehead atoms. The summed E-state index contributed by atoms with van der Waals surface area (Å²) in [6.07, 6.45) is 8.27. The van der Waals surface area contributed by atoms with Gasteiger partial charge in [-0.25, -0.2) is 4.99 Å². The van der Waals surface area contributed by atoms with Gasteiger partial charge in [-0.1, -0.05) is 31.4 Å². The number of aliphatic imine (C=N–C) groups is 1. The van der Waals surface area contributed by atoms with Crippen LogP contribution in [-0.2, 0) is 11.3 Å². The monoisotopic (exact) mass is 376 g/mol. The van der Waals surface area contributed by atoms with Crippen LogP contribution in [0.3, 0.4) is 0 Å². The highest BCUT2D eigenvalue weighted by Gasteiger charge is 2.15. The predicted octanol–water partition coefficient (Wildman–Crippen LogP) is 3.17. The molecule has 26 heavy (non-hydrogen) atoms. The average Bonchev–Trinajstić information content (AvgIpc) is 2.64. The highest BCUT2D eigenvalue weighted by molar-refractivity contribution is 7.98. The minimum absolute atomic E-state index is 0.0447. The average molecular weight is 377 g/mol. The largest absolute Gasteiger partial charge is 0.354 e. The molecule has 1 aromatic rings. The molecule has 0 aliphatic heterocycles. The fraction of sp³-hybridized carbons (Fsp3) is 0.600. The molecule has 1 saturated carbocycles. The van der Waals surface area contributed by atoms with E-state index < -0.39 is 0 Å². The lowest BCUT2D eigenvalue weighted by atomic mass is 9.96. The van der Waals surface area contributed by atoms with E-state index in [-0.39, 0.29) is 12.5 Å². The van der Waals surface area contributed by atoms with Crippen molar-refractivity contribution < 1.29 is 4.79 Å². The number of thioether (sulfide) groups is 1. The summed E-state index contributed by atoms with van der Waals surface area (Å²) in [5.41, 5.74) is 2.48. The molecule has 2 rings (SSSR count). The van der Waals surface area contributed by atoms with Gasteiger partial charge in [0.05, 0.1) is 13.1 Å². The second-order valence-electron chi connectivity index (χ2n) is 7.10. The van der Waals surface area contributed by atoms with Crippen molar-refractivity contribution in [3.8, 4) is 0 Å². The van der Waals surface area contributed by atoms with E-state index in [9.17, 15) is 4.79 Å². The quantitative estimate of drug-likeness (QED) is 0.455. The minimum Gasteiger partial charge on any atom is -0.354 e. The third-order valence-corrected chi connectivity index (χ3v) is 5.52. The van der Waals surface area contributed by atoms with Crippen molar-refractivity contribution in [1.82, 2.24) is 15.5 Å². The van der Waals surface area contributed by atoms with E-state index in [4.69, 9.17) is 4.99 Å². The molecule has 1 aromatic carbocycles. The van der Waals surface area contributed by atoms with E-state index in [1.165, 1.54) is 48.1 Å². The van der Waals surface area contributed by atoms with Crippen LogP contribution in [0.4, 0.5) is 0 Å². The van der Waals surface area contributed by atoms with Gasteiger partial charge in [0.1, 0.15) is 0 Å². The van der Waals surface area contributed by atoms with E-state index >= 15 is 0 Å². The molecule has 5 nitrogen and oxygen atoms in total. The number of likely N-dealkylation sites (N-methyl/N-ethyl adjacent to an activating group) is 1. The molecular formula is C20H32N4OS. The number of amides is 1. The van der Waals surface area contributed by atoms with Crippen LogP contribution in [0.15, 0.2) is 28.1 Å². The zero-order chi connectivity index (χ0) is 18.9. The summed E-state index contributed by atoms with van der Waals surface area (Å²) < 4.78 is 0. The lowest BCUT2D eigenvalue weighted by molar-refractivity contribution is -0.127. The van der Waals surface area contributed by atoms with Crippen LogP contribution in [-0.4, -0.2) is 49.7 Å².